The molecule has 106 valence electrons. The zero-order valence-corrected chi connectivity index (χ0v) is 13.6. The summed E-state index contributed by atoms with van der Waals surface area (Å²) in [6.45, 7) is 4.10. The van der Waals surface area contributed by atoms with Crippen LogP contribution in [0.4, 0.5) is 5.69 Å². The average molecular weight is 355 g/mol. The van der Waals surface area contributed by atoms with Gasteiger partial charge in [-0.25, -0.2) is 0 Å². The van der Waals surface area contributed by atoms with E-state index in [1.165, 1.54) is 11.8 Å². The summed E-state index contributed by atoms with van der Waals surface area (Å²) in [4.78, 5) is 11.9. The van der Waals surface area contributed by atoms with Crippen molar-refractivity contribution in [1.82, 2.24) is 14.8 Å². The Morgan fingerprint density at radius 1 is 1.50 bits per heavy atom. The SMILES string of the molecule is CC(C)n1cnnc1SCC(=O)Nc1cccc(Br)c1. The molecule has 20 heavy (non-hydrogen) atoms. The fourth-order valence-electron chi connectivity index (χ4n) is 1.58. The lowest BCUT2D eigenvalue weighted by Crippen LogP contribution is -2.14. The second-order valence-electron chi connectivity index (χ2n) is 4.46. The smallest absolute Gasteiger partial charge is 0.234 e. The number of nitrogens with zero attached hydrogens (tertiary/aromatic N) is 3. The van der Waals surface area contributed by atoms with Gasteiger partial charge in [-0.2, -0.15) is 0 Å². The van der Waals surface area contributed by atoms with Gasteiger partial charge in [0.1, 0.15) is 6.33 Å². The molecule has 0 aliphatic heterocycles. The molecule has 1 N–H and O–H groups in total. The van der Waals surface area contributed by atoms with Crippen LogP contribution in [0, 0.1) is 0 Å². The van der Waals surface area contributed by atoms with Gasteiger partial charge in [0, 0.05) is 16.2 Å². The number of aromatic nitrogens is 3. The molecule has 1 amide bonds. The van der Waals surface area contributed by atoms with Crippen LogP contribution in [0.5, 0.6) is 0 Å². The first-order chi connectivity index (χ1) is 9.56. The Morgan fingerprint density at radius 3 is 3.00 bits per heavy atom. The third kappa shape index (κ3) is 4.08. The zero-order chi connectivity index (χ0) is 14.5. The van der Waals surface area contributed by atoms with E-state index in [0.717, 1.165) is 15.3 Å². The summed E-state index contributed by atoms with van der Waals surface area (Å²) in [6.07, 6.45) is 1.68. The molecular weight excluding hydrogens is 340 g/mol. The number of thioether (sulfide) groups is 1. The Labute approximate surface area is 130 Å². The number of anilines is 1. The van der Waals surface area contributed by atoms with Crippen molar-refractivity contribution in [3.8, 4) is 0 Å². The molecule has 1 aromatic heterocycles. The van der Waals surface area contributed by atoms with Gasteiger partial charge in [0.15, 0.2) is 5.16 Å². The van der Waals surface area contributed by atoms with E-state index in [1.54, 1.807) is 6.33 Å². The van der Waals surface area contributed by atoms with E-state index in [1.807, 2.05) is 28.8 Å². The van der Waals surface area contributed by atoms with E-state index in [9.17, 15) is 4.79 Å². The maximum absolute atomic E-state index is 11.9. The quantitative estimate of drug-likeness (QED) is 0.836. The van der Waals surface area contributed by atoms with Crippen molar-refractivity contribution in [2.75, 3.05) is 11.1 Å². The predicted molar refractivity (Wildman–Crippen MR) is 83.9 cm³/mol. The summed E-state index contributed by atoms with van der Waals surface area (Å²) in [5.74, 6) is 0.240. The molecule has 0 atom stereocenters. The molecule has 2 rings (SSSR count). The summed E-state index contributed by atoms with van der Waals surface area (Å²) in [5, 5.41) is 11.5. The van der Waals surface area contributed by atoms with E-state index in [2.05, 4.69) is 45.3 Å². The van der Waals surface area contributed by atoms with Gasteiger partial charge in [-0.1, -0.05) is 33.8 Å². The highest BCUT2D eigenvalue weighted by molar-refractivity contribution is 9.10. The molecule has 0 unspecified atom stereocenters. The van der Waals surface area contributed by atoms with Gasteiger partial charge in [-0.15, -0.1) is 10.2 Å². The third-order valence-corrected chi connectivity index (χ3v) is 3.99. The van der Waals surface area contributed by atoms with Gasteiger partial charge >= 0.3 is 0 Å². The van der Waals surface area contributed by atoms with Crippen molar-refractivity contribution in [3.05, 3.63) is 35.1 Å². The largest absolute Gasteiger partial charge is 0.325 e. The molecule has 1 heterocycles. The number of amides is 1. The Hall–Kier alpha value is -1.34. The van der Waals surface area contributed by atoms with Crippen LogP contribution in [0.1, 0.15) is 19.9 Å². The molecule has 2 aromatic rings. The van der Waals surface area contributed by atoms with Gasteiger partial charge in [-0.05, 0) is 32.0 Å². The second kappa shape index (κ2) is 6.90. The van der Waals surface area contributed by atoms with Gasteiger partial charge in [0.05, 0.1) is 5.75 Å². The Kier molecular flexibility index (Phi) is 5.19. The summed E-state index contributed by atoms with van der Waals surface area (Å²) in [5.41, 5.74) is 0.773. The van der Waals surface area contributed by atoms with E-state index in [4.69, 9.17) is 0 Å². The molecule has 7 heteroatoms. The second-order valence-corrected chi connectivity index (χ2v) is 6.32. The zero-order valence-electron chi connectivity index (χ0n) is 11.2. The van der Waals surface area contributed by atoms with Crippen LogP contribution < -0.4 is 5.32 Å². The summed E-state index contributed by atoms with van der Waals surface area (Å²) in [6, 6.07) is 7.78. The number of rotatable bonds is 5. The number of hydrogen-bond donors (Lipinski definition) is 1. The molecule has 0 aliphatic rings. The van der Waals surface area contributed by atoms with Crippen molar-refractivity contribution in [2.24, 2.45) is 0 Å². The van der Waals surface area contributed by atoms with Crippen molar-refractivity contribution in [1.29, 1.82) is 0 Å². The molecule has 5 nitrogen and oxygen atoms in total. The topological polar surface area (TPSA) is 59.8 Å². The molecule has 0 saturated heterocycles. The number of nitrogens with one attached hydrogen (secondary N) is 1. The molecular formula is C13H15BrN4OS. The minimum absolute atomic E-state index is 0.0635. The summed E-state index contributed by atoms with van der Waals surface area (Å²) >= 11 is 4.75. The van der Waals surface area contributed by atoms with E-state index >= 15 is 0 Å². The maximum Gasteiger partial charge on any atom is 0.234 e. The molecule has 0 radical (unpaired) electrons. The molecule has 1 aromatic carbocycles. The third-order valence-electron chi connectivity index (χ3n) is 2.54. The lowest BCUT2D eigenvalue weighted by atomic mass is 10.3. The first-order valence-electron chi connectivity index (χ1n) is 6.14. The minimum Gasteiger partial charge on any atom is -0.325 e. The number of benzene rings is 1. The standard InChI is InChI=1S/C13H15BrN4OS/c1-9(2)18-8-15-17-13(18)20-7-12(19)16-11-5-3-4-10(14)6-11/h3-6,8-9H,7H2,1-2H3,(H,16,19). The molecule has 0 bridgehead atoms. The highest BCUT2D eigenvalue weighted by Crippen LogP contribution is 2.20. The van der Waals surface area contributed by atoms with Crippen LogP contribution in [0.15, 0.2) is 40.2 Å². The molecule has 0 spiro atoms. The van der Waals surface area contributed by atoms with Crippen LogP contribution in [0.3, 0.4) is 0 Å². The van der Waals surface area contributed by atoms with E-state index in [0.29, 0.717) is 5.75 Å². The normalized spacial score (nSPS) is 10.8. The van der Waals surface area contributed by atoms with Crippen molar-refractivity contribution in [2.45, 2.75) is 25.0 Å². The lowest BCUT2D eigenvalue weighted by Gasteiger charge is -2.09. The number of hydrogen-bond acceptors (Lipinski definition) is 4. The van der Waals surface area contributed by atoms with Crippen LogP contribution in [-0.2, 0) is 4.79 Å². The fourth-order valence-corrected chi connectivity index (χ4v) is 2.83. The van der Waals surface area contributed by atoms with E-state index < -0.39 is 0 Å². The first kappa shape index (κ1) is 15.1. The molecule has 0 saturated carbocycles. The minimum atomic E-state index is -0.0635. The first-order valence-corrected chi connectivity index (χ1v) is 7.92. The molecule has 0 fully saturated rings. The van der Waals surface area contributed by atoms with Crippen LogP contribution in [0.2, 0.25) is 0 Å². The maximum atomic E-state index is 11.9. The number of carbonyl (C=O) groups is 1. The Bertz CT molecular complexity index is 600. The highest BCUT2D eigenvalue weighted by Gasteiger charge is 2.10. The lowest BCUT2D eigenvalue weighted by molar-refractivity contribution is -0.113. The Balaban J connectivity index is 1.91. The van der Waals surface area contributed by atoms with E-state index in [-0.39, 0.29) is 11.9 Å². The van der Waals surface area contributed by atoms with Crippen molar-refractivity contribution in [3.63, 3.8) is 0 Å². The van der Waals surface area contributed by atoms with Crippen LogP contribution in [-0.4, -0.2) is 26.4 Å². The van der Waals surface area contributed by atoms with Crippen molar-refractivity contribution >= 4 is 39.3 Å². The average Bonchev–Trinajstić information content (AvgIpc) is 2.85. The van der Waals surface area contributed by atoms with Crippen molar-refractivity contribution < 1.29 is 4.79 Å². The van der Waals surface area contributed by atoms with Gasteiger partial charge in [-0.3, -0.25) is 4.79 Å². The van der Waals surface area contributed by atoms with Gasteiger partial charge < -0.3 is 9.88 Å². The highest BCUT2D eigenvalue weighted by atomic mass is 79.9. The number of carbonyl (C=O) groups excluding carboxylic acids is 1. The number of halogens is 1. The summed E-state index contributed by atoms with van der Waals surface area (Å²) < 4.78 is 2.87. The predicted octanol–water partition coefficient (Wildman–Crippen LogP) is 3.35. The van der Waals surface area contributed by atoms with Crippen LogP contribution in [0.25, 0.3) is 0 Å². The van der Waals surface area contributed by atoms with Crippen LogP contribution >= 0.6 is 27.7 Å². The van der Waals surface area contributed by atoms with Gasteiger partial charge in [0.25, 0.3) is 0 Å². The fraction of sp³-hybridized carbons (Fsp3) is 0.308. The van der Waals surface area contributed by atoms with Gasteiger partial charge in [0.2, 0.25) is 5.91 Å². The summed E-state index contributed by atoms with van der Waals surface area (Å²) in [7, 11) is 0. The monoisotopic (exact) mass is 354 g/mol. The Morgan fingerprint density at radius 2 is 2.30 bits per heavy atom. The molecule has 0 aliphatic carbocycles.